The molecule has 0 bridgehead atoms. The average Bonchev–Trinajstić information content (AvgIpc) is 3.32. The predicted octanol–water partition coefficient (Wildman–Crippen LogP) is 2.66. The summed E-state index contributed by atoms with van der Waals surface area (Å²) in [5, 5.41) is 9.42. The van der Waals surface area contributed by atoms with Crippen molar-refractivity contribution in [3.8, 4) is 0 Å². The number of ketones is 1. The van der Waals surface area contributed by atoms with Crippen LogP contribution in [0.2, 0.25) is 0 Å². The maximum atomic E-state index is 13.0. The van der Waals surface area contributed by atoms with Gasteiger partial charge in [-0.3, -0.25) is 9.59 Å². The summed E-state index contributed by atoms with van der Waals surface area (Å²) in [5.74, 6) is 0.367. The minimum atomic E-state index is -0.933. The molecular formula is C24H33N5O3. The second-order valence-electron chi connectivity index (χ2n) is 8.35. The lowest BCUT2D eigenvalue weighted by atomic mass is 9.85. The Labute approximate surface area is 188 Å². The molecule has 0 saturated heterocycles. The summed E-state index contributed by atoms with van der Waals surface area (Å²) in [6.45, 7) is 3.32. The third-order valence-electron chi connectivity index (χ3n) is 6.20. The van der Waals surface area contributed by atoms with Crippen molar-refractivity contribution in [3.05, 3.63) is 53.7 Å². The maximum absolute atomic E-state index is 13.0. The summed E-state index contributed by atoms with van der Waals surface area (Å²) < 4.78 is 4.26. The van der Waals surface area contributed by atoms with E-state index in [1.807, 2.05) is 25.3 Å². The highest BCUT2D eigenvalue weighted by Gasteiger charge is 2.32. The fourth-order valence-corrected chi connectivity index (χ4v) is 4.30. The highest BCUT2D eigenvalue weighted by Crippen LogP contribution is 2.34. The number of Topliss-reactive ketones (excluding diaryl/α,β-unsaturated/α-hetero) is 1. The lowest BCUT2D eigenvalue weighted by molar-refractivity contribution is -0.138. The van der Waals surface area contributed by atoms with Gasteiger partial charge >= 0.3 is 5.97 Å². The SMILES string of the molecule is Cc1nccn1CC1CCc2c(c3ccccc3n2C)C1=O.NCCCCC(N)C(=O)O. The fraction of sp³-hybridized carbons (Fsp3) is 0.458. The van der Waals surface area contributed by atoms with Gasteiger partial charge in [-0.2, -0.15) is 0 Å². The molecule has 0 aliphatic heterocycles. The third-order valence-corrected chi connectivity index (χ3v) is 6.20. The van der Waals surface area contributed by atoms with Gasteiger partial charge in [-0.25, -0.2) is 4.98 Å². The summed E-state index contributed by atoms with van der Waals surface area (Å²) in [5.41, 5.74) is 13.7. The zero-order valence-corrected chi connectivity index (χ0v) is 18.8. The number of carbonyl (C=O) groups excluding carboxylic acids is 1. The molecule has 0 saturated carbocycles. The number of nitrogens with two attached hydrogens (primary N) is 2. The molecule has 1 aromatic carbocycles. The van der Waals surface area contributed by atoms with Crippen LogP contribution < -0.4 is 11.5 Å². The average molecular weight is 440 g/mol. The van der Waals surface area contributed by atoms with E-state index in [0.29, 0.717) is 13.0 Å². The molecule has 2 aromatic heterocycles. The molecule has 0 fully saturated rings. The van der Waals surface area contributed by atoms with E-state index < -0.39 is 12.0 Å². The van der Waals surface area contributed by atoms with Crippen LogP contribution in [0, 0.1) is 12.8 Å². The molecule has 2 atom stereocenters. The van der Waals surface area contributed by atoms with Crippen LogP contribution >= 0.6 is 0 Å². The summed E-state index contributed by atoms with van der Waals surface area (Å²) in [4.78, 5) is 27.4. The predicted molar refractivity (Wildman–Crippen MR) is 125 cm³/mol. The van der Waals surface area contributed by atoms with Crippen molar-refractivity contribution in [2.45, 2.75) is 51.6 Å². The molecule has 32 heavy (non-hydrogen) atoms. The highest BCUT2D eigenvalue weighted by molar-refractivity contribution is 6.11. The van der Waals surface area contributed by atoms with Gasteiger partial charge in [0.1, 0.15) is 11.9 Å². The first-order valence-corrected chi connectivity index (χ1v) is 11.1. The quantitative estimate of drug-likeness (QED) is 0.485. The summed E-state index contributed by atoms with van der Waals surface area (Å²) in [6, 6.07) is 7.49. The molecule has 2 heterocycles. The summed E-state index contributed by atoms with van der Waals surface area (Å²) in [7, 11) is 2.06. The summed E-state index contributed by atoms with van der Waals surface area (Å²) >= 11 is 0. The standard InChI is InChI=1S/C18H19N3O.C6H14N2O2/c1-12-19-9-10-21(12)11-13-7-8-16-17(18(13)22)14-5-3-4-6-15(14)20(16)2;7-4-2-1-3-5(8)6(9)10/h3-6,9-10,13H,7-8,11H2,1-2H3;5H,1-4,7-8H2,(H,9,10). The largest absolute Gasteiger partial charge is 0.480 e. The van der Waals surface area contributed by atoms with E-state index in [2.05, 4.69) is 33.3 Å². The molecule has 8 nitrogen and oxygen atoms in total. The number of carboxylic acids is 1. The fourth-order valence-electron chi connectivity index (χ4n) is 4.30. The van der Waals surface area contributed by atoms with Crippen LogP contribution in [-0.2, 0) is 24.8 Å². The smallest absolute Gasteiger partial charge is 0.320 e. The van der Waals surface area contributed by atoms with Gasteiger partial charge in [-0.05, 0) is 45.2 Å². The zero-order chi connectivity index (χ0) is 23.3. The minimum absolute atomic E-state index is 0.0474. The van der Waals surface area contributed by atoms with Gasteiger partial charge in [0.05, 0.1) is 0 Å². The Morgan fingerprint density at radius 2 is 2.06 bits per heavy atom. The second kappa shape index (κ2) is 10.6. The number of fused-ring (bicyclic) bond motifs is 3. The Balaban J connectivity index is 0.000000247. The number of imidazole rings is 1. The number of aryl methyl sites for hydroxylation is 2. The Kier molecular flexibility index (Phi) is 7.82. The first-order valence-electron chi connectivity index (χ1n) is 11.1. The number of aromatic nitrogens is 3. The van der Waals surface area contributed by atoms with E-state index >= 15 is 0 Å². The molecule has 172 valence electrons. The minimum Gasteiger partial charge on any atom is -0.480 e. The molecule has 4 rings (SSSR count). The van der Waals surface area contributed by atoms with Gasteiger partial charge in [-0.15, -0.1) is 0 Å². The van der Waals surface area contributed by atoms with Crippen LogP contribution in [0.15, 0.2) is 36.7 Å². The first kappa shape index (κ1) is 23.7. The molecule has 5 N–H and O–H groups in total. The van der Waals surface area contributed by atoms with Crippen molar-refractivity contribution in [1.82, 2.24) is 14.1 Å². The third kappa shape index (κ3) is 5.08. The molecule has 1 aliphatic rings. The van der Waals surface area contributed by atoms with Crippen LogP contribution in [-0.4, -0.2) is 43.6 Å². The highest BCUT2D eigenvalue weighted by atomic mass is 16.4. The van der Waals surface area contributed by atoms with Crippen molar-refractivity contribution in [1.29, 1.82) is 0 Å². The monoisotopic (exact) mass is 439 g/mol. The Morgan fingerprint density at radius 3 is 2.72 bits per heavy atom. The van der Waals surface area contributed by atoms with E-state index in [-0.39, 0.29) is 11.7 Å². The maximum Gasteiger partial charge on any atom is 0.320 e. The zero-order valence-electron chi connectivity index (χ0n) is 18.8. The van der Waals surface area contributed by atoms with Crippen molar-refractivity contribution in [3.63, 3.8) is 0 Å². The number of benzene rings is 1. The molecule has 3 aromatic rings. The van der Waals surface area contributed by atoms with Gasteiger partial charge in [0.2, 0.25) is 0 Å². The van der Waals surface area contributed by atoms with Gasteiger partial charge in [-0.1, -0.05) is 24.6 Å². The number of carboxylic acid groups (broad SMARTS) is 1. The van der Waals surface area contributed by atoms with Gasteiger partial charge in [0.15, 0.2) is 5.78 Å². The van der Waals surface area contributed by atoms with Crippen molar-refractivity contribution >= 4 is 22.7 Å². The van der Waals surface area contributed by atoms with Gasteiger partial charge < -0.3 is 25.7 Å². The number of hydrogen-bond acceptors (Lipinski definition) is 5. The van der Waals surface area contributed by atoms with Crippen LogP contribution in [0.1, 0.15) is 47.6 Å². The lowest BCUT2D eigenvalue weighted by Crippen LogP contribution is -2.29. The number of carbonyl (C=O) groups is 2. The molecule has 0 amide bonds. The van der Waals surface area contributed by atoms with Crippen molar-refractivity contribution in [2.24, 2.45) is 24.4 Å². The van der Waals surface area contributed by atoms with Crippen LogP contribution in [0.25, 0.3) is 10.9 Å². The molecule has 0 spiro atoms. The molecule has 2 unspecified atom stereocenters. The Hall–Kier alpha value is -2.97. The van der Waals surface area contributed by atoms with Crippen LogP contribution in [0.3, 0.4) is 0 Å². The Bertz CT molecular complexity index is 1080. The number of nitrogens with zero attached hydrogens (tertiary/aromatic N) is 3. The van der Waals surface area contributed by atoms with Gasteiger partial charge in [0, 0.05) is 54.1 Å². The number of para-hydroxylation sites is 1. The molecule has 0 radical (unpaired) electrons. The number of rotatable bonds is 7. The van der Waals surface area contributed by atoms with Crippen molar-refractivity contribution in [2.75, 3.05) is 6.54 Å². The molecule has 1 aliphatic carbocycles. The summed E-state index contributed by atoms with van der Waals surface area (Å²) in [6.07, 6.45) is 7.79. The van der Waals surface area contributed by atoms with E-state index in [4.69, 9.17) is 16.6 Å². The van der Waals surface area contributed by atoms with E-state index in [9.17, 15) is 9.59 Å². The van der Waals surface area contributed by atoms with E-state index in [1.54, 1.807) is 6.20 Å². The molecule has 8 heteroatoms. The molecular weight excluding hydrogens is 406 g/mol. The topological polar surface area (TPSA) is 129 Å². The van der Waals surface area contributed by atoms with Crippen molar-refractivity contribution < 1.29 is 14.7 Å². The number of hydrogen-bond donors (Lipinski definition) is 3. The first-order chi connectivity index (χ1) is 15.3. The normalized spacial score (nSPS) is 16.4. The second-order valence-corrected chi connectivity index (χ2v) is 8.35. The van der Waals surface area contributed by atoms with E-state index in [0.717, 1.165) is 54.5 Å². The van der Waals surface area contributed by atoms with Crippen LogP contribution in [0.4, 0.5) is 0 Å². The van der Waals surface area contributed by atoms with E-state index in [1.165, 1.54) is 5.69 Å². The lowest BCUT2D eigenvalue weighted by Gasteiger charge is -2.23. The Morgan fingerprint density at radius 1 is 1.31 bits per heavy atom. The number of aliphatic carboxylic acids is 1. The number of unbranched alkanes of at least 4 members (excludes halogenated alkanes) is 1. The van der Waals surface area contributed by atoms with Crippen LogP contribution in [0.5, 0.6) is 0 Å². The van der Waals surface area contributed by atoms with Gasteiger partial charge in [0.25, 0.3) is 0 Å².